The number of ether oxygens (including phenoxy) is 1. The average Bonchev–Trinajstić information content (AvgIpc) is 2.71. The van der Waals surface area contributed by atoms with Crippen molar-refractivity contribution in [3.63, 3.8) is 0 Å². The number of nitrogens with zero attached hydrogens (tertiary/aromatic N) is 2. The molecule has 2 heterocycles. The topological polar surface area (TPSA) is 79.0 Å². The lowest BCUT2D eigenvalue weighted by Gasteiger charge is -2.35. The van der Waals surface area contributed by atoms with E-state index in [4.69, 9.17) is 4.74 Å². The fraction of sp³-hybridized carbons (Fsp3) is 0.571. The summed E-state index contributed by atoms with van der Waals surface area (Å²) in [5.41, 5.74) is 2.60. The SMILES string of the molecule is Cc1cc(C)cc(C(=O)NCC(=O)N2CCC(C(=O)N3CCOCC3)CC2)c1. The van der Waals surface area contributed by atoms with Crippen LogP contribution in [0.4, 0.5) is 0 Å². The Kier molecular flexibility index (Phi) is 6.67. The van der Waals surface area contributed by atoms with Gasteiger partial charge in [-0.2, -0.15) is 0 Å². The van der Waals surface area contributed by atoms with Gasteiger partial charge in [-0.25, -0.2) is 0 Å². The van der Waals surface area contributed by atoms with Crippen molar-refractivity contribution in [3.8, 4) is 0 Å². The third-order valence-corrected chi connectivity index (χ3v) is 5.40. The van der Waals surface area contributed by atoms with Crippen LogP contribution < -0.4 is 5.32 Å². The van der Waals surface area contributed by atoms with Crippen molar-refractivity contribution in [2.45, 2.75) is 26.7 Å². The minimum absolute atomic E-state index is 0.0199. The Morgan fingerprint density at radius 1 is 0.964 bits per heavy atom. The van der Waals surface area contributed by atoms with Gasteiger partial charge in [-0.15, -0.1) is 0 Å². The van der Waals surface area contributed by atoms with Gasteiger partial charge in [-0.05, 0) is 38.8 Å². The van der Waals surface area contributed by atoms with Crippen LogP contribution in [0.15, 0.2) is 18.2 Å². The van der Waals surface area contributed by atoms with E-state index in [1.54, 1.807) is 4.90 Å². The highest BCUT2D eigenvalue weighted by atomic mass is 16.5. The van der Waals surface area contributed by atoms with Crippen LogP contribution in [0.1, 0.15) is 34.3 Å². The summed E-state index contributed by atoms with van der Waals surface area (Å²) in [6.07, 6.45) is 1.35. The van der Waals surface area contributed by atoms with Gasteiger partial charge in [0, 0.05) is 37.7 Å². The van der Waals surface area contributed by atoms with Crippen molar-refractivity contribution in [2.75, 3.05) is 45.9 Å². The van der Waals surface area contributed by atoms with Gasteiger partial charge in [0.15, 0.2) is 0 Å². The largest absolute Gasteiger partial charge is 0.378 e. The third-order valence-electron chi connectivity index (χ3n) is 5.40. The molecule has 0 radical (unpaired) electrons. The maximum Gasteiger partial charge on any atom is 0.251 e. The second kappa shape index (κ2) is 9.19. The summed E-state index contributed by atoms with van der Waals surface area (Å²) in [5.74, 6) is -0.182. The molecule has 152 valence electrons. The van der Waals surface area contributed by atoms with Crippen molar-refractivity contribution in [2.24, 2.45) is 5.92 Å². The van der Waals surface area contributed by atoms with Crippen LogP contribution in [-0.4, -0.2) is 73.5 Å². The molecule has 1 aromatic rings. The van der Waals surface area contributed by atoms with Gasteiger partial charge in [-0.1, -0.05) is 17.2 Å². The molecule has 0 spiro atoms. The number of hydrogen-bond acceptors (Lipinski definition) is 4. The van der Waals surface area contributed by atoms with Crippen LogP contribution in [0, 0.1) is 19.8 Å². The molecule has 0 saturated carbocycles. The van der Waals surface area contributed by atoms with Gasteiger partial charge >= 0.3 is 0 Å². The number of aryl methyl sites for hydroxylation is 2. The summed E-state index contributed by atoms with van der Waals surface area (Å²) in [4.78, 5) is 40.9. The van der Waals surface area contributed by atoms with Crippen molar-refractivity contribution >= 4 is 17.7 Å². The van der Waals surface area contributed by atoms with E-state index in [2.05, 4.69) is 5.32 Å². The number of benzene rings is 1. The minimum Gasteiger partial charge on any atom is -0.378 e. The summed E-state index contributed by atoms with van der Waals surface area (Å²) >= 11 is 0. The summed E-state index contributed by atoms with van der Waals surface area (Å²) < 4.78 is 5.30. The molecule has 2 saturated heterocycles. The Balaban J connectivity index is 1.44. The number of rotatable bonds is 4. The first-order valence-electron chi connectivity index (χ1n) is 9.95. The van der Waals surface area contributed by atoms with E-state index < -0.39 is 0 Å². The number of carbonyl (C=O) groups is 3. The molecule has 0 bridgehead atoms. The Labute approximate surface area is 166 Å². The normalized spacial score (nSPS) is 18.1. The molecule has 1 aromatic carbocycles. The van der Waals surface area contributed by atoms with Crippen molar-refractivity contribution < 1.29 is 19.1 Å². The molecule has 1 N–H and O–H groups in total. The lowest BCUT2D eigenvalue weighted by Crippen LogP contribution is -2.49. The van der Waals surface area contributed by atoms with Gasteiger partial charge in [0.25, 0.3) is 5.91 Å². The summed E-state index contributed by atoms with van der Waals surface area (Å²) in [7, 11) is 0. The maximum absolute atomic E-state index is 12.6. The van der Waals surface area contributed by atoms with Gasteiger partial charge in [0.05, 0.1) is 19.8 Å². The highest BCUT2D eigenvalue weighted by Gasteiger charge is 2.30. The lowest BCUT2D eigenvalue weighted by atomic mass is 9.95. The molecule has 0 aromatic heterocycles. The molecule has 7 nitrogen and oxygen atoms in total. The Bertz CT molecular complexity index is 715. The zero-order valence-electron chi connectivity index (χ0n) is 16.7. The van der Waals surface area contributed by atoms with Crippen LogP contribution >= 0.6 is 0 Å². The third kappa shape index (κ3) is 5.10. The molecule has 3 rings (SSSR count). The van der Waals surface area contributed by atoms with Gasteiger partial charge < -0.3 is 19.9 Å². The fourth-order valence-corrected chi connectivity index (χ4v) is 3.89. The zero-order valence-corrected chi connectivity index (χ0v) is 16.7. The number of likely N-dealkylation sites (tertiary alicyclic amines) is 1. The van der Waals surface area contributed by atoms with E-state index >= 15 is 0 Å². The maximum atomic E-state index is 12.6. The molecule has 0 unspecified atom stereocenters. The number of carbonyl (C=O) groups excluding carboxylic acids is 3. The van der Waals surface area contributed by atoms with E-state index in [0.29, 0.717) is 57.8 Å². The summed E-state index contributed by atoms with van der Waals surface area (Å²) in [6, 6.07) is 5.63. The minimum atomic E-state index is -0.238. The zero-order chi connectivity index (χ0) is 20.1. The summed E-state index contributed by atoms with van der Waals surface area (Å²) in [5, 5.41) is 2.72. The molecule has 2 aliphatic heterocycles. The Hall–Kier alpha value is -2.41. The predicted octanol–water partition coefficient (Wildman–Crippen LogP) is 1.13. The van der Waals surface area contributed by atoms with Crippen LogP contribution in [-0.2, 0) is 14.3 Å². The first-order chi connectivity index (χ1) is 13.4. The quantitative estimate of drug-likeness (QED) is 0.840. The molecular weight excluding hydrogens is 358 g/mol. The van der Waals surface area contributed by atoms with E-state index in [0.717, 1.165) is 11.1 Å². The number of hydrogen-bond donors (Lipinski definition) is 1. The molecule has 2 fully saturated rings. The Morgan fingerprint density at radius 3 is 2.18 bits per heavy atom. The van der Waals surface area contributed by atoms with Crippen LogP contribution in [0.3, 0.4) is 0 Å². The van der Waals surface area contributed by atoms with Gasteiger partial charge in [0.1, 0.15) is 0 Å². The smallest absolute Gasteiger partial charge is 0.251 e. The molecule has 0 aliphatic carbocycles. The Morgan fingerprint density at radius 2 is 1.57 bits per heavy atom. The van der Waals surface area contributed by atoms with E-state index in [1.165, 1.54) is 0 Å². The number of morpholine rings is 1. The molecule has 2 aliphatic rings. The van der Waals surface area contributed by atoms with E-state index in [-0.39, 0.29) is 30.2 Å². The van der Waals surface area contributed by atoms with E-state index in [9.17, 15) is 14.4 Å². The molecule has 7 heteroatoms. The highest BCUT2D eigenvalue weighted by Crippen LogP contribution is 2.20. The second-order valence-electron chi connectivity index (χ2n) is 7.65. The van der Waals surface area contributed by atoms with Crippen molar-refractivity contribution in [1.82, 2.24) is 15.1 Å². The lowest BCUT2D eigenvalue weighted by molar-refractivity contribution is -0.143. The first kappa shape index (κ1) is 20.3. The number of amides is 3. The average molecular weight is 387 g/mol. The molecular formula is C21H29N3O4. The monoisotopic (exact) mass is 387 g/mol. The van der Waals surface area contributed by atoms with Crippen molar-refractivity contribution in [1.29, 1.82) is 0 Å². The molecule has 3 amide bonds. The highest BCUT2D eigenvalue weighted by molar-refractivity contribution is 5.96. The molecule has 28 heavy (non-hydrogen) atoms. The predicted molar refractivity (Wildman–Crippen MR) is 105 cm³/mol. The van der Waals surface area contributed by atoms with E-state index in [1.807, 2.05) is 36.9 Å². The second-order valence-corrected chi connectivity index (χ2v) is 7.65. The standard InChI is InChI=1S/C21H29N3O4/c1-15-11-16(2)13-18(12-15)20(26)22-14-19(25)23-5-3-17(4-6-23)21(27)24-7-9-28-10-8-24/h11-13,17H,3-10,14H2,1-2H3,(H,22,26). The fourth-order valence-electron chi connectivity index (χ4n) is 3.89. The number of piperidine rings is 1. The first-order valence-corrected chi connectivity index (χ1v) is 9.95. The van der Waals surface area contributed by atoms with Crippen molar-refractivity contribution in [3.05, 3.63) is 34.9 Å². The molecule has 0 atom stereocenters. The summed E-state index contributed by atoms with van der Waals surface area (Å²) in [6.45, 7) is 7.48. The van der Waals surface area contributed by atoms with Crippen LogP contribution in [0.25, 0.3) is 0 Å². The van der Waals surface area contributed by atoms with Gasteiger partial charge in [0.2, 0.25) is 11.8 Å². The van der Waals surface area contributed by atoms with Crippen LogP contribution in [0.5, 0.6) is 0 Å². The number of nitrogens with one attached hydrogen (secondary N) is 1. The van der Waals surface area contributed by atoms with Gasteiger partial charge in [-0.3, -0.25) is 14.4 Å². The van der Waals surface area contributed by atoms with Crippen LogP contribution in [0.2, 0.25) is 0 Å².